The number of aliphatic hydroxyl groups is 1. The Hall–Kier alpha value is -0.970. The van der Waals surface area contributed by atoms with Crippen molar-refractivity contribution in [3.8, 4) is 0 Å². The first-order valence-electron chi connectivity index (χ1n) is 3.63. The van der Waals surface area contributed by atoms with Crippen LogP contribution in [0.15, 0.2) is 0 Å². The first kappa shape index (κ1) is 16.0. The van der Waals surface area contributed by atoms with Crippen molar-refractivity contribution < 1.29 is 45.2 Å². The minimum absolute atomic E-state index is 0.331. The van der Waals surface area contributed by atoms with Crippen LogP contribution in [0, 0.1) is 0 Å². The van der Waals surface area contributed by atoms with Crippen molar-refractivity contribution in [2.24, 2.45) is 0 Å². The average Bonchev–Trinajstić information content (AvgIpc) is 2.13. The number of hydrogen-bond donors (Lipinski definition) is 1. The Kier molecular flexibility index (Phi) is 3.55. The highest BCUT2D eigenvalue weighted by Gasteiger charge is 2.65. The van der Waals surface area contributed by atoms with Gasteiger partial charge in [0.2, 0.25) is 0 Å². The third-order valence-corrected chi connectivity index (χ3v) is 4.77. The summed E-state index contributed by atoms with van der Waals surface area (Å²) in [4.78, 5) is 21.3. The molecule has 0 heterocycles. The standard InChI is InChI=1S/C6H6F6O4S/c1-17(16,2-13,3(14)5(7,8)9)4(15)6(10,11)12/h13H,2H2,1H3. The van der Waals surface area contributed by atoms with E-state index in [9.17, 15) is 40.1 Å². The van der Waals surface area contributed by atoms with Crippen LogP contribution < -0.4 is 0 Å². The number of aliphatic hydroxyl groups excluding tert-OH is 1. The summed E-state index contributed by atoms with van der Waals surface area (Å²) in [6.07, 6.45) is -12.2. The molecule has 0 aliphatic carbocycles. The molecule has 102 valence electrons. The minimum atomic E-state index is -6.63. The van der Waals surface area contributed by atoms with Gasteiger partial charge in [-0.1, -0.05) is 0 Å². The van der Waals surface area contributed by atoms with Crippen molar-refractivity contribution in [3.05, 3.63) is 0 Å². The van der Waals surface area contributed by atoms with Crippen molar-refractivity contribution in [2.75, 3.05) is 12.2 Å². The van der Waals surface area contributed by atoms with E-state index in [4.69, 9.17) is 5.11 Å². The van der Waals surface area contributed by atoms with Gasteiger partial charge in [0.1, 0.15) is 5.94 Å². The molecule has 0 aliphatic rings. The number of halogens is 6. The molecule has 0 spiro atoms. The van der Waals surface area contributed by atoms with Crippen LogP contribution in [0.4, 0.5) is 26.3 Å². The van der Waals surface area contributed by atoms with Crippen LogP contribution >= 0.6 is 0 Å². The Morgan fingerprint density at radius 1 is 1.00 bits per heavy atom. The Balaban J connectivity index is 5.97. The zero-order valence-corrected chi connectivity index (χ0v) is 8.87. The molecule has 0 saturated carbocycles. The second-order valence-electron chi connectivity index (χ2n) is 3.24. The van der Waals surface area contributed by atoms with Crippen molar-refractivity contribution >= 4 is 19.3 Å². The Bertz CT molecular complexity index is 389. The molecule has 0 aromatic rings. The molecule has 17 heavy (non-hydrogen) atoms. The smallest absolute Gasteiger partial charge is 0.384 e. The van der Waals surface area contributed by atoms with Gasteiger partial charge in [0.15, 0.2) is 0 Å². The quantitative estimate of drug-likeness (QED) is 0.716. The predicted octanol–water partition coefficient (Wildman–Crippen LogP) is 0.564. The van der Waals surface area contributed by atoms with Gasteiger partial charge in [0.05, 0.1) is 9.07 Å². The highest BCUT2D eigenvalue weighted by atomic mass is 32.3. The van der Waals surface area contributed by atoms with E-state index < -0.39 is 37.6 Å². The average molecular weight is 288 g/mol. The maximum atomic E-state index is 12.0. The minimum Gasteiger partial charge on any atom is -0.384 e. The molecule has 0 aromatic carbocycles. The largest absolute Gasteiger partial charge is 0.462 e. The zero-order chi connectivity index (χ0) is 14.3. The van der Waals surface area contributed by atoms with E-state index in [1.54, 1.807) is 0 Å². The van der Waals surface area contributed by atoms with Crippen LogP contribution in [-0.4, -0.2) is 44.1 Å². The summed E-state index contributed by atoms with van der Waals surface area (Å²) in [5, 5.41) is 1.63. The molecule has 0 saturated heterocycles. The summed E-state index contributed by atoms with van der Waals surface area (Å²) in [5.41, 5.74) is 0. The Morgan fingerprint density at radius 2 is 1.24 bits per heavy atom. The number of rotatable bonds is 1. The molecule has 1 N–H and O–H groups in total. The molecule has 0 aromatic heterocycles. The molecule has 0 bridgehead atoms. The second kappa shape index (κ2) is 3.77. The van der Waals surface area contributed by atoms with Gasteiger partial charge in [-0.2, -0.15) is 26.3 Å². The molecule has 0 amide bonds. The van der Waals surface area contributed by atoms with Crippen LogP contribution in [0.3, 0.4) is 0 Å². The van der Waals surface area contributed by atoms with Crippen LogP contribution in [0.2, 0.25) is 0 Å². The zero-order valence-electron chi connectivity index (χ0n) is 8.06. The predicted molar refractivity (Wildman–Crippen MR) is 43.3 cm³/mol. The highest BCUT2D eigenvalue weighted by molar-refractivity contribution is 8.42. The summed E-state index contributed by atoms with van der Waals surface area (Å²) in [7, 11) is -6.63. The van der Waals surface area contributed by atoms with E-state index in [2.05, 4.69) is 0 Å². The summed E-state index contributed by atoms with van der Waals surface area (Å²) in [5.74, 6) is -2.35. The van der Waals surface area contributed by atoms with E-state index in [-0.39, 0.29) is 6.26 Å². The summed E-state index contributed by atoms with van der Waals surface area (Å²) in [6.45, 7) is 0. The maximum absolute atomic E-state index is 12.0. The third-order valence-electron chi connectivity index (χ3n) is 1.74. The van der Waals surface area contributed by atoms with Gasteiger partial charge in [0, 0.05) is 6.26 Å². The van der Waals surface area contributed by atoms with E-state index >= 15 is 0 Å². The van der Waals surface area contributed by atoms with Crippen molar-refractivity contribution in [3.63, 3.8) is 0 Å². The number of carbonyl (C=O) groups excluding carboxylic acids is 2. The van der Waals surface area contributed by atoms with Gasteiger partial charge in [0.25, 0.3) is 0 Å². The van der Waals surface area contributed by atoms with Gasteiger partial charge in [-0.05, 0) is 0 Å². The topological polar surface area (TPSA) is 71.4 Å². The third kappa shape index (κ3) is 2.65. The first-order chi connectivity index (χ1) is 7.17. The number of carbonyl (C=O) groups is 2. The second-order valence-corrected chi connectivity index (χ2v) is 7.32. The summed E-state index contributed by atoms with van der Waals surface area (Å²) < 4.78 is 83.3. The van der Waals surface area contributed by atoms with Crippen LogP contribution in [0.1, 0.15) is 0 Å². The molecule has 0 unspecified atom stereocenters. The molecule has 0 rings (SSSR count). The lowest BCUT2D eigenvalue weighted by molar-refractivity contribution is -0.166. The Morgan fingerprint density at radius 3 is 1.35 bits per heavy atom. The molecule has 0 atom stereocenters. The fourth-order valence-electron chi connectivity index (χ4n) is 0.807. The van der Waals surface area contributed by atoms with Crippen molar-refractivity contribution in [1.82, 2.24) is 0 Å². The summed E-state index contributed by atoms with van der Waals surface area (Å²) in [6, 6.07) is 0. The lowest BCUT2D eigenvalue weighted by atomic mass is 10.7. The highest BCUT2D eigenvalue weighted by Crippen LogP contribution is 2.38. The normalized spacial score (nSPS) is 16.1. The SMILES string of the molecule is CS(=O)(CO)(C(=O)C(F)(F)F)C(=O)C(F)(F)F. The van der Waals surface area contributed by atoms with Crippen LogP contribution in [0.5, 0.6) is 0 Å². The first-order valence-corrected chi connectivity index (χ1v) is 6.17. The summed E-state index contributed by atoms with van der Waals surface area (Å²) >= 11 is 0. The molecule has 0 fully saturated rings. The fourth-order valence-corrected chi connectivity index (χ4v) is 2.42. The molecule has 4 nitrogen and oxygen atoms in total. The number of alkyl halides is 6. The molecular weight excluding hydrogens is 282 g/mol. The fraction of sp³-hybridized carbons (Fsp3) is 0.667. The maximum Gasteiger partial charge on any atom is 0.462 e. The molecular formula is C6H6F6O4S. The van der Waals surface area contributed by atoms with E-state index in [0.29, 0.717) is 0 Å². The molecule has 0 radical (unpaired) electrons. The van der Waals surface area contributed by atoms with Gasteiger partial charge >= 0.3 is 22.6 Å². The lowest BCUT2D eigenvalue weighted by Crippen LogP contribution is -2.59. The van der Waals surface area contributed by atoms with Crippen molar-refractivity contribution in [1.29, 1.82) is 0 Å². The lowest BCUT2D eigenvalue weighted by Gasteiger charge is -2.33. The van der Waals surface area contributed by atoms with Gasteiger partial charge in [-0.25, -0.2) is 0 Å². The monoisotopic (exact) mass is 288 g/mol. The van der Waals surface area contributed by atoms with E-state index in [1.165, 1.54) is 0 Å². The Labute approximate surface area is 90.0 Å². The van der Waals surface area contributed by atoms with Crippen LogP contribution in [-0.2, 0) is 18.7 Å². The van der Waals surface area contributed by atoms with Crippen molar-refractivity contribution in [2.45, 2.75) is 12.4 Å². The van der Waals surface area contributed by atoms with E-state index in [0.717, 1.165) is 0 Å². The van der Waals surface area contributed by atoms with Crippen LogP contribution in [0.25, 0.3) is 0 Å². The van der Waals surface area contributed by atoms with Gasteiger partial charge in [-0.3, -0.25) is 13.8 Å². The van der Waals surface area contributed by atoms with E-state index in [1.807, 2.05) is 0 Å². The molecule has 11 heteroatoms. The molecule has 0 aliphatic heterocycles. The van der Waals surface area contributed by atoms with Gasteiger partial charge < -0.3 is 5.11 Å². The number of hydrogen-bond acceptors (Lipinski definition) is 4. The van der Waals surface area contributed by atoms with Gasteiger partial charge in [-0.15, -0.1) is 0 Å².